The first-order chi connectivity index (χ1) is 15.5. The first-order valence-corrected chi connectivity index (χ1v) is 12.3. The average Bonchev–Trinajstić information content (AvgIpc) is 3.03. The summed E-state index contributed by atoms with van der Waals surface area (Å²) in [5.41, 5.74) is 0.274. The Kier molecular flexibility index (Phi) is 6.04. The van der Waals surface area contributed by atoms with Gasteiger partial charge in [-0.05, 0) is 80.2 Å². The number of nitrogens with zero attached hydrogens (tertiary/aromatic N) is 2. The molecule has 0 aromatic heterocycles. The molecule has 5 fully saturated rings. The van der Waals surface area contributed by atoms with Gasteiger partial charge >= 0.3 is 0 Å². The first-order valence-electron chi connectivity index (χ1n) is 12.3. The maximum absolute atomic E-state index is 13.3. The first kappa shape index (κ1) is 21.6. The molecule has 4 saturated carbocycles. The molecule has 1 aromatic carbocycles. The summed E-state index contributed by atoms with van der Waals surface area (Å²) in [7, 11) is 1.59. The molecule has 6 heteroatoms. The SMILES string of the molecule is COc1ccccc1OCC(=O)N1CCCN(C(=O)CC23CC4CC(CC(C4)C2)C3)CC1. The minimum Gasteiger partial charge on any atom is -0.493 e. The Bertz CT molecular complexity index is 819. The summed E-state index contributed by atoms with van der Waals surface area (Å²) in [5, 5.41) is 0. The van der Waals surface area contributed by atoms with Gasteiger partial charge < -0.3 is 19.3 Å². The molecular weight excluding hydrogens is 404 g/mol. The van der Waals surface area contributed by atoms with Gasteiger partial charge in [0.05, 0.1) is 7.11 Å². The molecular formula is C26H36N2O4. The van der Waals surface area contributed by atoms with E-state index in [9.17, 15) is 9.59 Å². The van der Waals surface area contributed by atoms with Gasteiger partial charge in [0, 0.05) is 32.6 Å². The summed E-state index contributed by atoms with van der Waals surface area (Å²) in [6.45, 7) is 2.63. The number of hydrogen-bond donors (Lipinski definition) is 0. The van der Waals surface area contributed by atoms with Gasteiger partial charge in [0.1, 0.15) is 0 Å². The standard InChI is InChI=1S/C26H36N2O4/c1-31-22-5-2-3-6-23(22)32-18-25(30)28-8-4-7-27(9-10-28)24(29)17-26-14-19-11-20(15-26)13-21(12-19)16-26/h2-3,5-6,19-21H,4,7-18H2,1H3. The number of ether oxygens (including phenoxy) is 2. The van der Waals surface area contributed by atoms with Crippen LogP contribution in [0.4, 0.5) is 0 Å². The normalized spacial score (nSPS) is 31.3. The van der Waals surface area contributed by atoms with E-state index in [0.717, 1.165) is 37.1 Å². The minimum absolute atomic E-state index is 0.0123. The van der Waals surface area contributed by atoms with E-state index in [1.165, 1.54) is 38.5 Å². The van der Waals surface area contributed by atoms with Gasteiger partial charge in [-0.3, -0.25) is 9.59 Å². The lowest BCUT2D eigenvalue weighted by molar-refractivity contribution is -0.140. The van der Waals surface area contributed by atoms with Crippen molar-refractivity contribution in [1.29, 1.82) is 0 Å². The van der Waals surface area contributed by atoms with E-state index in [-0.39, 0.29) is 17.9 Å². The van der Waals surface area contributed by atoms with Gasteiger partial charge in [0.2, 0.25) is 5.91 Å². The number of benzene rings is 1. The number of hydrogen-bond acceptors (Lipinski definition) is 4. The Morgan fingerprint density at radius 1 is 0.875 bits per heavy atom. The summed E-state index contributed by atoms with van der Waals surface area (Å²) in [6.07, 6.45) is 9.58. The van der Waals surface area contributed by atoms with Crippen molar-refractivity contribution in [2.75, 3.05) is 39.9 Å². The molecule has 174 valence electrons. The second-order valence-corrected chi connectivity index (χ2v) is 10.6. The van der Waals surface area contributed by atoms with Crippen LogP contribution in [0.5, 0.6) is 11.5 Å². The van der Waals surface area contributed by atoms with Crippen molar-refractivity contribution in [1.82, 2.24) is 9.80 Å². The molecule has 0 radical (unpaired) electrons. The molecule has 0 spiro atoms. The van der Waals surface area contributed by atoms with Gasteiger partial charge in [-0.25, -0.2) is 0 Å². The van der Waals surface area contributed by atoms with Gasteiger partial charge in [0.25, 0.3) is 5.91 Å². The van der Waals surface area contributed by atoms with Crippen LogP contribution in [0.1, 0.15) is 51.4 Å². The van der Waals surface area contributed by atoms with E-state index in [4.69, 9.17) is 9.47 Å². The van der Waals surface area contributed by atoms with Crippen LogP contribution in [0.15, 0.2) is 24.3 Å². The Morgan fingerprint density at radius 3 is 2.03 bits per heavy atom. The zero-order valence-electron chi connectivity index (χ0n) is 19.3. The smallest absolute Gasteiger partial charge is 0.260 e. The molecule has 0 N–H and O–H groups in total. The van der Waals surface area contributed by atoms with E-state index in [0.29, 0.717) is 37.0 Å². The zero-order chi connectivity index (χ0) is 22.1. The summed E-state index contributed by atoms with van der Waals surface area (Å²) in [4.78, 5) is 29.9. The van der Waals surface area contributed by atoms with Crippen LogP contribution in [0.2, 0.25) is 0 Å². The fourth-order valence-corrected chi connectivity index (χ4v) is 7.32. The van der Waals surface area contributed by atoms with Crippen LogP contribution >= 0.6 is 0 Å². The highest BCUT2D eigenvalue weighted by Crippen LogP contribution is 2.61. The topological polar surface area (TPSA) is 59.1 Å². The highest BCUT2D eigenvalue weighted by molar-refractivity contribution is 5.79. The lowest BCUT2D eigenvalue weighted by atomic mass is 9.49. The Morgan fingerprint density at radius 2 is 1.44 bits per heavy atom. The number of carbonyl (C=O) groups excluding carboxylic acids is 2. The molecule has 5 aliphatic rings. The summed E-state index contributed by atoms with van der Waals surface area (Å²) >= 11 is 0. The number of para-hydroxylation sites is 2. The molecule has 0 atom stereocenters. The van der Waals surface area contributed by atoms with Crippen LogP contribution in [0, 0.1) is 23.2 Å². The molecule has 0 unspecified atom stereocenters. The van der Waals surface area contributed by atoms with Crippen molar-refractivity contribution < 1.29 is 19.1 Å². The Hall–Kier alpha value is -2.24. The molecule has 6 nitrogen and oxygen atoms in total. The van der Waals surface area contributed by atoms with Crippen LogP contribution in [0.25, 0.3) is 0 Å². The third kappa shape index (κ3) is 4.46. The minimum atomic E-state index is -0.0358. The largest absolute Gasteiger partial charge is 0.493 e. The quantitative estimate of drug-likeness (QED) is 0.676. The Labute approximate surface area is 191 Å². The predicted molar refractivity (Wildman–Crippen MR) is 121 cm³/mol. The van der Waals surface area contributed by atoms with Crippen LogP contribution in [0.3, 0.4) is 0 Å². The molecule has 2 amide bonds. The number of carbonyl (C=O) groups is 2. The molecule has 1 aliphatic heterocycles. The molecule has 4 bridgehead atoms. The third-order valence-electron chi connectivity index (χ3n) is 8.31. The predicted octanol–water partition coefficient (Wildman–Crippen LogP) is 3.74. The summed E-state index contributed by atoms with van der Waals surface area (Å²) < 4.78 is 11.0. The van der Waals surface area contributed by atoms with Crippen molar-refractivity contribution in [3.63, 3.8) is 0 Å². The van der Waals surface area contributed by atoms with Crippen molar-refractivity contribution in [3.8, 4) is 11.5 Å². The fourth-order valence-electron chi connectivity index (χ4n) is 7.32. The molecule has 1 saturated heterocycles. The van der Waals surface area contributed by atoms with Crippen LogP contribution < -0.4 is 9.47 Å². The molecule has 6 rings (SSSR count). The van der Waals surface area contributed by atoms with Gasteiger partial charge in [0.15, 0.2) is 18.1 Å². The highest BCUT2D eigenvalue weighted by Gasteiger charge is 2.51. The molecule has 4 aliphatic carbocycles. The van der Waals surface area contributed by atoms with E-state index in [2.05, 4.69) is 0 Å². The van der Waals surface area contributed by atoms with Crippen molar-refractivity contribution in [2.24, 2.45) is 23.2 Å². The maximum atomic E-state index is 13.3. The van der Waals surface area contributed by atoms with E-state index >= 15 is 0 Å². The fraction of sp³-hybridized carbons (Fsp3) is 0.692. The summed E-state index contributed by atoms with van der Waals surface area (Å²) in [6, 6.07) is 7.36. The zero-order valence-corrected chi connectivity index (χ0v) is 19.3. The maximum Gasteiger partial charge on any atom is 0.260 e. The van der Waals surface area contributed by atoms with E-state index in [1.807, 2.05) is 28.0 Å². The van der Waals surface area contributed by atoms with Crippen molar-refractivity contribution in [3.05, 3.63) is 24.3 Å². The third-order valence-corrected chi connectivity index (χ3v) is 8.31. The monoisotopic (exact) mass is 440 g/mol. The van der Waals surface area contributed by atoms with Gasteiger partial charge in [-0.1, -0.05) is 12.1 Å². The molecule has 1 heterocycles. The lowest BCUT2D eigenvalue weighted by Crippen LogP contribution is -2.48. The number of rotatable bonds is 6. The van der Waals surface area contributed by atoms with Gasteiger partial charge in [-0.2, -0.15) is 0 Å². The van der Waals surface area contributed by atoms with E-state index in [1.54, 1.807) is 13.2 Å². The van der Waals surface area contributed by atoms with E-state index < -0.39 is 0 Å². The number of methoxy groups -OCH3 is 1. The van der Waals surface area contributed by atoms with Crippen molar-refractivity contribution in [2.45, 2.75) is 51.4 Å². The second-order valence-electron chi connectivity index (χ2n) is 10.6. The molecule has 32 heavy (non-hydrogen) atoms. The summed E-state index contributed by atoms with van der Waals surface area (Å²) in [5.74, 6) is 4.08. The Balaban J connectivity index is 1.13. The van der Waals surface area contributed by atoms with Crippen molar-refractivity contribution >= 4 is 11.8 Å². The average molecular weight is 441 g/mol. The van der Waals surface area contributed by atoms with Gasteiger partial charge in [-0.15, -0.1) is 0 Å². The highest BCUT2D eigenvalue weighted by atomic mass is 16.5. The second kappa shape index (κ2) is 8.95. The number of amides is 2. The molecule has 1 aromatic rings. The lowest BCUT2D eigenvalue weighted by Gasteiger charge is -2.57. The van der Waals surface area contributed by atoms with Crippen LogP contribution in [-0.4, -0.2) is 61.5 Å². The van der Waals surface area contributed by atoms with Crippen LogP contribution in [-0.2, 0) is 9.59 Å².